The van der Waals surface area contributed by atoms with Gasteiger partial charge in [0.25, 0.3) is 0 Å². The van der Waals surface area contributed by atoms with Gasteiger partial charge in [0.1, 0.15) is 0 Å². The molecule has 0 heterocycles. The minimum Gasteiger partial charge on any atom is -0.411 e. The van der Waals surface area contributed by atoms with E-state index in [2.05, 4.69) is 39.8 Å². The van der Waals surface area contributed by atoms with E-state index in [0.717, 1.165) is 24.2 Å². The zero-order valence-electron chi connectivity index (χ0n) is 15.6. The third kappa shape index (κ3) is 14.2. The Balaban J connectivity index is 3.58. The summed E-state index contributed by atoms with van der Waals surface area (Å²) in [5.41, 5.74) is 1.30. The van der Waals surface area contributed by atoms with Crippen molar-refractivity contribution >= 4 is 6.21 Å². The van der Waals surface area contributed by atoms with E-state index in [1.165, 1.54) is 63.2 Å². The van der Waals surface area contributed by atoms with Crippen LogP contribution < -0.4 is 0 Å². The molecule has 22 heavy (non-hydrogen) atoms. The van der Waals surface area contributed by atoms with Crippen molar-refractivity contribution < 1.29 is 5.21 Å². The van der Waals surface area contributed by atoms with E-state index in [-0.39, 0.29) is 0 Å². The van der Waals surface area contributed by atoms with Gasteiger partial charge >= 0.3 is 0 Å². The monoisotopic (exact) mass is 309 g/mol. The fourth-order valence-electron chi connectivity index (χ4n) is 2.95. The van der Waals surface area contributed by atoms with Crippen LogP contribution in [0.1, 0.15) is 92.4 Å². The molecular formula is C20H39NO. The number of allylic oxidation sites excluding steroid dienone is 2. The van der Waals surface area contributed by atoms with Crippen molar-refractivity contribution in [3.05, 3.63) is 11.6 Å². The normalized spacial score (nSPS) is 15.6. The molecule has 0 aromatic carbocycles. The second-order valence-electron chi connectivity index (χ2n) is 7.64. The highest BCUT2D eigenvalue weighted by Gasteiger charge is 2.06. The van der Waals surface area contributed by atoms with Crippen LogP contribution in [0, 0.1) is 17.8 Å². The molecule has 0 spiro atoms. The maximum atomic E-state index is 8.38. The lowest BCUT2D eigenvalue weighted by atomic mass is 9.91. The van der Waals surface area contributed by atoms with Gasteiger partial charge in [-0.25, -0.2) is 0 Å². The maximum absolute atomic E-state index is 8.38. The average Bonchev–Trinajstić information content (AvgIpc) is 2.44. The SMILES string of the molecule is C/C(=C\C=N\O)CCCC(C)CCCC(C)CCCC(C)C. The molecule has 0 bridgehead atoms. The average molecular weight is 310 g/mol. The van der Waals surface area contributed by atoms with Crippen molar-refractivity contribution in [3.63, 3.8) is 0 Å². The van der Waals surface area contributed by atoms with Gasteiger partial charge in [-0.15, -0.1) is 0 Å². The quantitative estimate of drug-likeness (QED) is 0.226. The molecule has 2 unspecified atom stereocenters. The summed E-state index contributed by atoms with van der Waals surface area (Å²) >= 11 is 0. The fraction of sp³-hybridized carbons (Fsp3) is 0.850. The van der Waals surface area contributed by atoms with Crippen LogP contribution in [0.25, 0.3) is 0 Å². The third-order valence-corrected chi connectivity index (χ3v) is 4.57. The standard InChI is InChI=1S/C20H39NO/c1-17(2)9-6-10-18(3)11-7-12-19(4)13-8-14-20(5)15-16-21-22/h15-19,22H,6-14H2,1-5H3/b20-15+,21-16+. The van der Waals surface area contributed by atoms with E-state index < -0.39 is 0 Å². The van der Waals surface area contributed by atoms with Crippen LogP contribution in [-0.2, 0) is 0 Å². The molecule has 0 radical (unpaired) electrons. The second kappa shape index (κ2) is 13.8. The van der Waals surface area contributed by atoms with Gasteiger partial charge in [-0.05, 0) is 43.6 Å². The lowest BCUT2D eigenvalue weighted by molar-refractivity contribution is 0.322. The van der Waals surface area contributed by atoms with Crippen molar-refractivity contribution in [2.24, 2.45) is 22.9 Å². The summed E-state index contributed by atoms with van der Waals surface area (Å²) in [5, 5.41) is 11.4. The smallest absolute Gasteiger partial charge is 0.0660 e. The van der Waals surface area contributed by atoms with Crippen LogP contribution in [0.15, 0.2) is 16.8 Å². The van der Waals surface area contributed by atoms with Crippen LogP contribution in [0.5, 0.6) is 0 Å². The molecule has 0 aliphatic rings. The molecule has 0 aliphatic carbocycles. The zero-order chi connectivity index (χ0) is 16.8. The summed E-state index contributed by atoms with van der Waals surface area (Å²) in [4.78, 5) is 0. The Morgan fingerprint density at radius 3 is 1.86 bits per heavy atom. The largest absolute Gasteiger partial charge is 0.411 e. The lowest BCUT2D eigenvalue weighted by Crippen LogP contribution is -2.00. The topological polar surface area (TPSA) is 32.6 Å². The summed E-state index contributed by atoms with van der Waals surface area (Å²) in [6, 6.07) is 0. The molecule has 2 nitrogen and oxygen atoms in total. The molecule has 0 fully saturated rings. The fourth-order valence-corrected chi connectivity index (χ4v) is 2.95. The van der Waals surface area contributed by atoms with Crippen LogP contribution in [0.2, 0.25) is 0 Å². The minimum atomic E-state index is 0.835. The van der Waals surface area contributed by atoms with Gasteiger partial charge in [-0.1, -0.05) is 83.4 Å². The summed E-state index contributed by atoms with van der Waals surface area (Å²) < 4.78 is 0. The molecular weight excluding hydrogens is 270 g/mol. The van der Waals surface area contributed by atoms with Crippen LogP contribution in [0.3, 0.4) is 0 Å². The van der Waals surface area contributed by atoms with Crippen LogP contribution in [0.4, 0.5) is 0 Å². The van der Waals surface area contributed by atoms with Crippen LogP contribution in [-0.4, -0.2) is 11.4 Å². The predicted molar refractivity (Wildman–Crippen MR) is 98.8 cm³/mol. The van der Waals surface area contributed by atoms with Gasteiger partial charge < -0.3 is 5.21 Å². The number of nitrogens with zero attached hydrogens (tertiary/aromatic N) is 1. The number of hydrogen-bond acceptors (Lipinski definition) is 2. The van der Waals surface area contributed by atoms with E-state index in [4.69, 9.17) is 5.21 Å². The van der Waals surface area contributed by atoms with E-state index in [1.807, 2.05) is 6.08 Å². The van der Waals surface area contributed by atoms with Gasteiger partial charge in [-0.3, -0.25) is 0 Å². The van der Waals surface area contributed by atoms with Gasteiger partial charge in [-0.2, -0.15) is 0 Å². The van der Waals surface area contributed by atoms with E-state index in [9.17, 15) is 0 Å². The Kier molecular flexibility index (Phi) is 13.3. The van der Waals surface area contributed by atoms with Gasteiger partial charge in [0.15, 0.2) is 0 Å². The molecule has 0 aromatic rings. The number of hydrogen-bond donors (Lipinski definition) is 1. The molecule has 0 saturated carbocycles. The van der Waals surface area contributed by atoms with Crippen molar-refractivity contribution in [2.45, 2.75) is 92.4 Å². The number of oxime groups is 1. The molecule has 0 rings (SSSR count). The zero-order valence-corrected chi connectivity index (χ0v) is 15.6. The van der Waals surface area contributed by atoms with E-state index in [0.29, 0.717) is 0 Å². The molecule has 0 amide bonds. The molecule has 0 aliphatic heterocycles. The van der Waals surface area contributed by atoms with Crippen LogP contribution >= 0.6 is 0 Å². The van der Waals surface area contributed by atoms with Crippen molar-refractivity contribution in [2.75, 3.05) is 0 Å². The Labute approximate surface area is 139 Å². The Morgan fingerprint density at radius 2 is 1.36 bits per heavy atom. The maximum Gasteiger partial charge on any atom is 0.0660 e. The predicted octanol–water partition coefficient (Wildman–Crippen LogP) is 6.83. The highest BCUT2D eigenvalue weighted by Crippen LogP contribution is 2.21. The Morgan fingerprint density at radius 1 is 0.864 bits per heavy atom. The van der Waals surface area contributed by atoms with Gasteiger partial charge in [0, 0.05) is 0 Å². The molecule has 0 aromatic heterocycles. The molecule has 0 saturated heterocycles. The summed E-state index contributed by atoms with van der Waals surface area (Å²) in [6.45, 7) is 11.5. The molecule has 2 atom stereocenters. The number of rotatable bonds is 13. The van der Waals surface area contributed by atoms with Crippen molar-refractivity contribution in [3.8, 4) is 0 Å². The van der Waals surface area contributed by atoms with Gasteiger partial charge in [0.05, 0.1) is 6.21 Å². The first-order valence-corrected chi connectivity index (χ1v) is 9.28. The lowest BCUT2D eigenvalue weighted by Gasteiger charge is -2.15. The summed E-state index contributed by atoms with van der Waals surface area (Å²) in [5.74, 6) is 2.59. The highest BCUT2D eigenvalue weighted by atomic mass is 16.4. The summed E-state index contributed by atoms with van der Waals surface area (Å²) in [7, 11) is 0. The highest BCUT2D eigenvalue weighted by molar-refractivity contribution is 5.71. The summed E-state index contributed by atoms with van der Waals surface area (Å²) in [6.07, 6.45) is 15.4. The molecule has 1 N–H and O–H groups in total. The van der Waals surface area contributed by atoms with Crippen molar-refractivity contribution in [1.29, 1.82) is 0 Å². The van der Waals surface area contributed by atoms with E-state index in [1.54, 1.807) is 0 Å². The molecule has 130 valence electrons. The Hall–Kier alpha value is -0.790. The molecule has 2 heteroatoms. The second-order valence-corrected chi connectivity index (χ2v) is 7.64. The van der Waals surface area contributed by atoms with Gasteiger partial charge in [0.2, 0.25) is 0 Å². The Bertz CT molecular complexity index is 307. The van der Waals surface area contributed by atoms with Crippen molar-refractivity contribution in [1.82, 2.24) is 0 Å². The first-order chi connectivity index (χ1) is 10.5. The third-order valence-electron chi connectivity index (χ3n) is 4.57. The first-order valence-electron chi connectivity index (χ1n) is 9.28. The van der Waals surface area contributed by atoms with E-state index >= 15 is 0 Å². The minimum absolute atomic E-state index is 0.835. The first kappa shape index (κ1) is 21.2.